The summed E-state index contributed by atoms with van der Waals surface area (Å²) in [5, 5.41) is 0. The molecule has 33 heavy (non-hydrogen) atoms. The van der Waals surface area contributed by atoms with Gasteiger partial charge in [-0.1, -0.05) is 36.9 Å². The van der Waals surface area contributed by atoms with Gasteiger partial charge in [-0.15, -0.1) is 0 Å². The Balaban J connectivity index is 1.42. The number of hydrazine groups is 1. The first-order chi connectivity index (χ1) is 16.0. The molecular formula is C25H27N5O3. The van der Waals surface area contributed by atoms with Crippen molar-refractivity contribution in [2.45, 2.75) is 24.7 Å². The Bertz CT molecular complexity index is 1080. The molecule has 170 valence electrons. The summed E-state index contributed by atoms with van der Waals surface area (Å²) in [6, 6.07) is 17.0. The zero-order chi connectivity index (χ0) is 22.9. The number of hydrogen-bond donors (Lipinski definition) is 3. The van der Waals surface area contributed by atoms with Gasteiger partial charge in [-0.25, -0.2) is 5.43 Å². The maximum absolute atomic E-state index is 12.9. The van der Waals surface area contributed by atoms with Crippen molar-refractivity contribution in [3.63, 3.8) is 0 Å². The van der Waals surface area contributed by atoms with Crippen molar-refractivity contribution in [1.29, 1.82) is 0 Å². The van der Waals surface area contributed by atoms with Crippen LogP contribution in [0.1, 0.15) is 12.0 Å². The van der Waals surface area contributed by atoms with E-state index in [4.69, 9.17) is 10.5 Å². The normalized spacial score (nSPS) is 26.5. The lowest BCUT2D eigenvalue weighted by Crippen LogP contribution is -2.67. The fourth-order valence-corrected chi connectivity index (χ4v) is 4.94. The van der Waals surface area contributed by atoms with Gasteiger partial charge in [-0.05, 0) is 47.9 Å². The zero-order valence-corrected chi connectivity index (χ0v) is 18.2. The second kappa shape index (κ2) is 8.73. The van der Waals surface area contributed by atoms with E-state index in [0.29, 0.717) is 13.1 Å². The van der Waals surface area contributed by atoms with E-state index in [1.165, 1.54) is 6.08 Å². The lowest BCUT2D eigenvalue weighted by molar-refractivity contribution is -0.131. The summed E-state index contributed by atoms with van der Waals surface area (Å²) in [6.45, 7) is 4.78. The van der Waals surface area contributed by atoms with E-state index in [0.717, 1.165) is 29.1 Å². The Kier molecular flexibility index (Phi) is 5.62. The number of benzene rings is 2. The van der Waals surface area contributed by atoms with Crippen LogP contribution in [0.2, 0.25) is 0 Å². The molecule has 2 aromatic carbocycles. The lowest BCUT2D eigenvalue weighted by Gasteiger charge is -2.39. The van der Waals surface area contributed by atoms with Gasteiger partial charge in [0.15, 0.2) is 0 Å². The number of nitrogens with one attached hydrogen (secondary N) is 2. The Labute approximate surface area is 192 Å². The maximum atomic E-state index is 12.9. The van der Waals surface area contributed by atoms with Crippen LogP contribution in [0.5, 0.6) is 11.5 Å². The van der Waals surface area contributed by atoms with Gasteiger partial charge in [0.25, 0.3) is 5.91 Å². The molecule has 3 aliphatic rings. The van der Waals surface area contributed by atoms with Crippen molar-refractivity contribution in [1.82, 2.24) is 20.7 Å². The second-order valence-electron chi connectivity index (χ2n) is 8.53. The second-order valence-corrected chi connectivity index (χ2v) is 8.53. The van der Waals surface area contributed by atoms with E-state index in [-0.39, 0.29) is 23.8 Å². The molecule has 8 nitrogen and oxygen atoms in total. The van der Waals surface area contributed by atoms with Crippen LogP contribution < -0.4 is 21.3 Å². The van der Waals surface area contributed by atoms with Crippen LogP contribution in [0.15, 0.2) is 73.5 Å². The van der Waals surface area contributed by atoms with Gasteiger partial charge < -0.3 is 20.3 Å². The molecule has 5 rings (SSSR count). The average Bonchev–Trinajstić information content (AvgIpc) is 3.48. The minimum atomic E-state index is -0.434. The summed E-state index contributed by atoms with van der Waals surface area (Å²) in [6.07, 6.45) is 3.73. The predicted molar refractivity (Wildman–Crippen MR) is 124 cm³/mol. The number of nitrogens with two attached hydrogens (primary N) is 1. The van der Waals surface area contributed by atoms with Gasteiger partial charge in [-0.2, -0.15) is 0 Å². The molecule has 0 spiro atoms. The first kappa shape index (κ1) is 21.2. The summed E-state index contributed by atoms with van der Waals surface area (Å²) >= 11 is 0. The quantitative estimate of drug-likeness (QED) is 0.608. The fourth-order valence-electron chi connectivity index (χ4n) is 4.94. The molecule has 3 unspecified atom stereocenters. The van der Waals surface area contributed by atoms with Crippen molar-refractivity contribution >= 4 is 17.4 Å². The molecule has 4 atom stereocenters. The first-order valence-corrected chi connectivity index (χ1v) is 11.1. The minimum absolute atomic E-state index is 0.0376. The summed E-state index contributed by atoms with van der Waals surface area (Å²) in [5.74, 6) is 1.08. The lowest BCUT2D eigenvalue weighted by atomic mass is 9.86. The zero-order valence-electron chi connectivity index (χ0n) is 18.2. The van der Waals surface area contributed by atoms with Crippen LogP contribution in [-0.2, 0) is 9.59 Å². The number of amides is 2. The van der Waals surface area contributed by atoms with Crippen molar-refractivity contribution in [2.75, 3.05) is 13.1 Å². The molecule has 2 amide bonds. The summed E-state index contributed by atoms with van der Waals surface area (Å²) < 4.78 is 5.91. The SMILES string of the molecule is C=CC(=O)N1CC[C@H](N2C=C(c3ccc(Oc4ccccc4)cc3)C3C(N)NNC(=O)C32)C1. The predicted octanol–water partition coefficient (Wildman–Crippen LogP) is 1.83. The highest BCUT2D eigenvalue weighted by Gasteiger charge is 2.49. The van der Waals surface area contributed by atoms with Crippen molar-refractivity contribution in [3.05, 3.63) is 79.0 Å². The van der Waals surface area contributed by atoms with E-state index in [1.807, 2.05) is 60.8 Å². The molecule has 2 saturated heterocycles. The van der Waals surface area contributed by atoms with Gasteiger partial charge in [0.05, 0.1) is 6.17 Å². The van der Waals surface area contributed by atoms with Crippen LogP contribution in [0.3, 0.4) is 0 Å². The van der Waals surface area contributed by atoms with Crippen LogP contribution in [0.4, 0.5) is 0 Å². The molecule has 0 saturated carbocycles. The van der Waals surface area contributed by atoms with E-state index in [2.05, 4.69) is 22.3 Å². The summed E-state index contributed by atoms with van der Waals surface area (Å²) in [5.41, 5.74) is 14.0. The number of ether oxygens (including phenoxy) is 1. The van der Waals surface area contributed by atoms with Crippen molar-refractivity contribution in [2.24, 2.45) is 11.7 Å². The molecule has 8 heteroatoms. The molecule has 3 heterocycles. The Morgan fingerprint density at radius 2 is 1.85 bits per heavy atom. The van der Waals surface area contributed by atoms with Gasteiger partial charge in [0, 0.05) is 31.2 Å². The standard InChI is InChI=1S/C25H27N5O3/c1-2-21(31)29-13-12-17(14-29)30-15-20(22-23(30)25(32)28-27-24(22)26)16-8-10-19(11-9-16)33-18-6-4-3-5-7-18/h2-11,15,17,22-24,27H,1,12-14,26H2,(H,28,32)/t17-,22?,23?,24?/m0/s1. The van der Waals surface area contributed by atoms with E-state index < -0.39 is 12.2 Å². The highest BCUT2D eigenvalue weighted by Crippen LogP contribution is 2.41. The fraction of sp³-hybridized carbons (Fsp3) is 0.280. The number of carbonyl (C=O) groups excluding carboxylic acids is 2. The Morgan fingerprint density at radius 3 is 2.58 bits per heavy atom. The van der Waals surface area contributed by atoms with Gasteiger partial charge >= 0.3 is 0 Å². The number of rotatable bonds is 5. The molecule has 2 fully saturated rings. The average molecular weight is 446 g/mol. The number of hydrogen-bond acceptors (Lipinski definition) is 6. The van der Waals surface area contributed by atoms with Gasteiger partial charge in [-0.3, -0.25) is 15.0 Å². The van der Waals surface area contributed by atoms with Crippen LogP contribution in [0, 0.1) is 5.92 Å². The molecule has 0 bridgehead atoms. The first-order valence-electron chi connectivity index (χ1n) is 11.1. The highest BCUT2D eigenvalue weighted by molar-refractivity contribution is 5.89. The molecule has 3 aliphatic heterocycles. The minimum Gasteiger partial charge on any atom is -0.457 e. The summed E-state index contributed by atoms with van der Waals surface area (Å²) in [4.78, 5) is 28.8. The third-order valence-corrected chi connectivity index (χ3v) is 6.56. The van der Waals surface area contributed by atoms with E-state index in [9.17, 15) is 9.59 Å². The topological polar surface area (TPSA) is 99.9 Å². The third-order valence-electron chi connectivity index (χ3n) is 6.56. The van der Waals surface area contributed by atoms with Gasteiger partial charge in [0.2, 0.25) is 5.91 Å². The van der Waals surface area contributed by atoms with Crippen LogP contribution in [-0.4, -0.2) is 53.0 Å². The third kappa shape index (κ3) is 3.99. The van der Waals surface area contributed by atoms with Gasteiger partial charge in [0.1, 0.15) is 17.5 Å². The molecule has 4 N–H and O–H groups in total. The van der Waals surface area contributed by atoms with E-state index in [1.54, 1.807) is 4.90 Å². The van der Waals surface area contributed by atoms with Crippen LogP contribution in [0.25, 0.3) is 5.57 Å². The van der Waals surface area contributed by atoms with Crippen molar-refractivity contribution < 1.29 is 14.3 Å². The molecule has 0 aliphatic carbocycles. The number of likely N-dealkylation sites (tertiary alicyclic amines) is 1. The molecular weight excluding hydrogens is 418 g/mol. The summed E-state index contributed by atoms with van der Waals surface area (Å²) in [7, 11) is 0. The largest absolute Gasteiger partial charge is 0.457 e. The number of fused-ring (bicyclic) bond motifs is 1. The van der Waals surface area contributed by atoms with Crippen LogP contribution >= 0.6 is 0 Å². The number of carbonyl (C=O) groups is 2. The molecule has 2 aromatic rings. The number of para-hydroxylation sites is 1. The molecule has 0 radical (unpaired) electrons. The number of nitrogens with zero attached hydrogens (tertiary/aromatic N) is 2. The monoisotopic (exact) mass is 445 g/mol. The Hall–Kier alpha value is -3.62. The smallest absolute Gasteiger partial charge is 0.257 e. The maximum Gasteiger partial charge on any atom is 0.257 e. The van der Waals surface area contributed by atoms with E-state index >= 15 is 0 Å². The highest BCUT2D eigenvalue weighted by atomic mass is 16.5. The van der Waals surface area contributed by atoms with Crippen molar-refractivity contribution in [3.8, 4) is 11.5 Å². The Morgan fingerprint density at radius 1 is 1.12 bits per heavy atom. The molecule has 0 aromatic heterocycles.